The zero-order valence-electron chi connectivity index (χ0n) is 11.6. The van der Waals surface area contributed by atoms with Crippen molar-refractivity contribution >= 4 is 5.91 Å². The number of amides is 1. The largest absolute Gasteiger partial charge is 0.497 e. The number of methoxy groups -OCH3 is 1. The van der Waals surface area contributed by atoms with E-state index in [2.05, 4.69) is 5.32 Å². The molecule has 1 amide bonds. The second-order valence-electron chi connectivity index (χ2n) is 4.82. The minimum atomic E-state index is -0.688. The van der Waals surface area contributed by atoms with Gasteiger partial charge in [-0.2, -0.15) is 0 Å². The highest BCUT2D eigenvalue weighted by Gasteiger charge is 2.20. The van der Waals surface area contributed by atoms with Gasteiger partial charge in [0.25, 0.3) is 0 Å². The van der Waals surface area contributed by atoms with Crippen LogP contribution in [0.2, 0.25) is 0 Å². The van der Waals surface area contributed by atoms with E-state index in [0.717, 1.165) is 11.3 Å². The molecule has 1 rings (SSSR count). The number of hydrogen-bond acceptors (Lipinski definition) is 4. The number of hydrogen-bond donors (Lipinski definition) is 3. The van der Waals surface area contributed by atoms with Crippen LogP contribution in [0.5, 0.6) is 5.75 Å². The van der Waals surface area contributed by atoms with Crippen LogP contribution in [0.4, 0.5) is 0 Å². The SMILES string of the molecule is COc1ccc(C(O)CNC(C(N)=O)C(C)C)cc1. The summed E-state index contributed by atoms with van der Waals surface area (Å²) in [7, 11) is 1.59. The number of rotatable bonds is 7. The minimum Gasteiger partial charge on any atom is -0.497 e. The molecule has 0 aromatic heterocycles. The lowest BCUT2D eigenvalue weighted by Crippen LogP contribution is -2.46. The van der Waals surface area contributed by atoms with Gasteiger partial charge in [0.1, 0.15) is 5.75 Å². The number of nitrogens with two attached hydrogens (primary N) is 1. The van der Waals surface area contributed by atoms with Crippen molar-refractivity contribution in [3.8, 4) is 5.75 Å². The summed E-state index contributed by atoms with van der Waals surface area (Å²) in [5, 5.41) is 13.0. The molecule has 0 saturated heterocycles. The molecule has 0 saturated carbocycles. The lowest BCUT2D eigenvalue weighted by atomic mass is 10.0. The highest BCUT2D eigenvalue weighted by atomic mass is 16.5. The average molecular weight is 266 g/mol. The maximum Gasteiger partial charge on any atom is 0.234 e. The van der Waals surface area contributed by atoms with Crippen molar-refractivity contribution in [1.82, 2.24) is 5.32 Å². The van der Waals surface area contributed by atoms with Crippen molar-refractivity contribution in [1.29, 1.82) is 0 Å². The molecule has 106 valence electrons. The van der Waals surface area contributed by atoms with Gasteiger partial charge < -0.3 is 20.9 Å². The normalized spacial score (nSPS) is 14.2. The van der Waals surface area contributed by atoms with E-state index < -0.39 is 18.1 Å². The molecule has 0 heterocycles. The number of ether oxygens (including phenoxy) is 1. The number of aliphatic hydroxyl groups is 1. The minimum absolute atomic E-state index is 0.0839. The van der Waals surface area contributed by atoms with Crippen molar-refractivity contribution in [2.24, 2.45) is 11.7 Å². The molecule has 1 aromatic carbocycles. The van der Waals surface area contributed by atoms with E-state index in [1.165, 1.54) is 0 Å². The van der Waals surface area contributed by atoms with Crippen LogP contribution in [0.25, 0.3) is 0 Å². The molecule has 0 aliphatic carbocycles. The van der Waals surface area contributed by atoms with Crippen LogP contribution < -0.4 is 15.8 Å². The van der Waals surface area contributed by atoms with Gasteiger partial charge in [0.05, 0.1) is 19.3 Å². The molecule has 1 aromatic rings. The Morgan fingerprint density at radius 2 is 1.95 bits per heavy atom. The molecule has 0 aliphatic rings. The van der Waals surface area contributed by atoms with E-state index in [9.17, 15) is 9.90 Å². The summed E-state index contributed by atoms with van der Waals surface area (Å²) in [4.78, 5) is 11.2. The molecular formula is C14H22N2O3. The zero-order valence-corrected chi connectivity index (χ0v) is 11.6. The number of carbonyl (C=O) groups is 1. The van der Waals surface area contributed by atoms with E-state index in [1.807, 2.05) is 13.8 Å². The van der Waals surface area contributed by atoms with Crippen LogP contribution in [-0.2, 0) is 4.79 Å². The average Bonchev–Trinajstić information content (AvgIpc) is 2.38. The zero-order chi connectivity index (χ0) is 14.4. The quantitative estimate of drug-likeness (QED) is 0.682. The molecular weight excluding hydrogens is 244 g/mol. The fraction of sp³-hybridized carbons (Fsp3) is 0.500. The predicted molar refractivity (Wildman–Crippen MR) is 73.8 cm³/mol. The van der Waals surface area contributed by atoms with Gasteiger partial charge in [-0.1, -0.05) is 26.0 Å². The Morgan fingerprint density at radius 1 is 1.37 bits per heavy atom. The first-order chi connectivity index (χ1) is 8.95. The number of aliphatic hydroxyl groups excluding tert-OH is 1. The molecule has 0 radical (unpaired) electrons. The van der Waals surface area contributed by atoms with Crippen molar-refractivity contribution < 1.29 is 14.6 Å². The Kier molecular flexibility index (Phi) is 5.79. The van der Waals surface area contributed by atoms with Gasteiger partial charge >= 0.3 is 0 Å². The van der Waals surface area contributed by atoms with Crippen LogP contribution in [0.3, 0.4) is 0 Å². The third kappa shape index (κ3) is 4.54. The maximum atomic E-state index is 11.2. The van der Waals surface area contributed by atoms with Gasteiger partial charge in [-0.05, 0) is 23.6 Å². The van der Waals surface area contributed by atoms with Crippen LogP contribution >= 0.6 is 0 Å². The second kappa shape index (κ2) is 7.11. The first kappa shape index (κ1) is 15.5. The third-order valence-electron chi connectivity index (χ3n) is 3.00. The number of benzene rings is 1. The summed E-state index contributed by atoms with van der Waals surface area (Å²) < 4.78 is 5.05. The lowest BCUT2D eigenvalue weighted by molar-refractivity contribution is -0.121. The lowest BCUT2D eigenvalue weighted by Gasteiger charge is -2.21. The topological polar surface area (TPSA) is 84.6 Å². The van der Waals surface area contributed by atoms with E-state index >= 15 is 0 Å². The molecule has 0 bridgehead atoms. The van der Waals surface area contributed by atoms with Crippen LogP contribution in [0, 0.1) is 5.92 Å². The first-order valence-corrected chi connectivity index (χ1v) is 6.30. The molecule has 0 fully saturated rings. The number of carbonyl (C=O) groups excluding carboxylic acids is 1. The Labute approximate surface area is 113 Å². The summed E-state index contributed by atoms with van der Waals surface area (Å²) in [5.41, 5.74) is 6.06. The van der Waals surface area contributed by atoms with Gasteiger partial charge in [0.2, 0.25) is 5.91 Å². The fourth-order valence-corrected chi connectivity index (χ4v) is 1.85. The van der Waals surface area contributed by atoms with E-state index in [0.29, 0.717) is 0 Å². The fourth-order valence-electron chi connectivity index (χ4n) is 1.85. The van der Waals surface area contributed by atoms with E-state index in [4.69, 9.17) is 10.5 Å². The summed E-state index contributed by atoms with van der Waals surface area (Å²) >= 11 is 0. The molecule has 4 N–H and O–H groups in total. The maximum absolute atomic E-state index is 11.2. The molecule has 0 aliphatic heterocycles. The molecule has 2 atom stereocenters. The Hall–Kier alpha value is -1.59. The second-order valence-corrected chi connectivity index (χ2v) is 4.82. The monoisotopic (exact) mass is 266 g/mol. The number of primary amides is 1. The van der Waals surface area contributed by atoms with Crippen molar-refractivity contribution in [2.75, 3.05) is 13.7 Å². The Morgan fingerprint density at radius 3 is 2.37 bits per heavy atom. The highest BCUT2D eigenvalue weighted by Crippen LogP contribution is 2.17. The molecule has 2 unspecified atom stereocenters. The number of nitrogens with one attached hydrogen (secondary N) is 1. The smallest absolute Gasteiger partial charge is 0.234 e. The van der Waals surface area contributed by atoms with Crippen molar-refractivity contribution in [3.63, 3.8) is 0 Å². The summed E-state index contributed by atoms with van der Waals surface area (Å²) in [6.45, 7) is 4.09. The van der Waals surface area contributed by atoms with E-state index in [-0.39, 0.29) is 12.5 Å². The molecule has 5 heteroatoms. The predicted octanol–water partition coefficient (Wildman–Crippen LogP) is 0.828. The van der Waals surface area contributed by atoms with Gasteiger partial charge in [0, 0.05) is 6.54 Å². The van der Waals surface area contributed by atoms with Crippen molar-refractivity contribution in [2.45, 2.75) is 26.0 Å². The molecule has 5 nitrogen and oxygen atoms in total. The standard InChI is InChI=1S/C14H22N2O3/c1-9(2)13(14(15)18)16-8-12(17)10-4-6-11(19-3)7-5-10/h4-7,9,12-13,16-17H,8H2,1-3H3,(H2,15,18). The van der Waals surface area contributed by atoms with E-state index in [1.54, 1.807) is 31.4 Å². The summed E-state index contributed by atoms with van der Waals surface area (Å²) in [6, 6.07) is 6.71. The molecule has 0 spiro atoms. The van der Waals surface area contributed by atoms with Gasteiger partial charge in [-0.25, -0.2) is 0 Å². The Balaban J connectivity index is 2.58. The van der Waals surface area contributed by atoms with Crippen LogP contribution in [0.15, 0.2) is 24.3 Å². The van der Waals surface area contributed by atoms with Crippen molar-refractivity contribution in [3.05, 3.63) is 29.8 Å². The Bertz CT molecular complexity index is 404. The van der Waals surface area contributed by atoms with Gasteiger partial charge in [-0.3, -0.25) is 4.79 Å². The highest BCUT2D eigenvalue weighted by molar-refractivity contribution is 5.80. The molecule has 19 heavy (non-hydrogen) atoms. The van der Waals surface area contributed by atoms with Crippen LogP contribution in [-0.4, -0.2) is 30.7 Å². The first-order valence-electron chi connectivity index (χ1n) is 6.30. The van der Waals surface area contributed by atoms with Crippen LogP contribution in [0.1, 0.15) is 25.5 Å². The third-order valence-corrected chi connectivity index (χ3v) is 3.00. The van der Waals surface area contributed by atoms with Gasteiger partial charge in [0.15, 0.2) is 0 Å². The summed E-state index contributed by atoms with van der Waals surface area (Å²) in [5.74, 6) is 0.415. The van der Waals surface area contributed by atoms with Gasteiger partial charge in [-0.15, -0.1) is 0 Å². The summed E-state index contributed by atoms with van der Waals surface area (Å²) in [6.07, 6.45) is -0.688.